The standard InChI is InChI=1S/C19H17N3O5S3/c1-22(30(25,26)17-6-3-7-28-17)15-5-2-4-12-8-14(21-18(12)15)19-20-9-13(29-19)10-27-11-16(23)24/h2-9,21H,10-11H2,1H3,(H,23,24). The Labute approximate surface area is 180 Å². The highest BCUT2D eigenvalue weighted by molar-refractivity contribution is 7.94. The molecule has 0 fully saturated rings. The lowest BCUT2D eigenvalue weighted by Crippen LogP contribution is -2.26. The summed E-state index contributed by atoms with van der Waals surface area (Å²) in [6, 6.07) is 10.7. The van der Waals surface area contributed by atoms with Crippen molar-refractivity contribution in [3.63, 3.8) is 0 Å². The van der Waals surface area contributed by atoms with Crippen molar-refractivity contribution in [2.75, 3.05) is 18.0 Å². The molecule has 0 saturated carbocycles. The number of sulfonamides is 1. The second kappa shape index (κ2) is 8.19. The smallest absolute Gasteiger partial charge is 0.329 e. The summed E-state index contributed by atoms with van der Waals surface area (Å²) in [5.74, 6) is -1.02. The predicted molar refractivity (Wildman–Crippen MR) is 117 cm³/mol. The van der Waals surface area contributed by atoms with Crippen molar-refractivity contribution < 1.29 is 23.1 Å². The van der Waals surface area contributed by atoms with Gasteiger partial charge in [0.25, 0.3) is 10.0 Å². The minimum Gasteiger partial charge on any atom is -0.480 e. The van der Waals surface area contributed by atoms with Crippen LogP contribution in [-0.2, 0) is 26.2 Å². The lowest BCUT2D eigenvalue weighted by atomic mass is 10.2. The molecule has 1 aromatic carbocycles. The fraction of sp³-hybridized carbons (Fsp3) is 0.158. The Morgan fingerprint density at radius 2 is 2.13 bits per heavy atom. The Morgan fingerprint density at radius 1 is 1.30 bits per heavy atom. The number of hydrogen-bond donors (Lipinski definition) is 2. The van der Waals surface area contributed by atoms with Gasteiger partial charge in [-0.05, 0) is 23.6 Å². The number of carbonyl (C=O) groups is 1. The summed E-state index contributed by atoms with van der Waals surface area (Å²) < 4.78 is 32.5. The van der Waals surface area contributed by atoms with Gasteiger partial charge in [0.2, 0.25) is 0 Å². The van der Waals surface area contributed by atoms with Gasteiger partial charge in [-0.15, -0.1) is 22.7 Å². The molecular formula is C19H17N3O5S3. The van der Waals surface area contributed by atoms with Crippen LogP contribution in [0.15, 0.2) is 52.2 Å². The summed E-state index contributed by atoms with van der Waals surface area (Å²) in [5, 5.41) is 11.9. The molecular weight excluding hydrogens is 446 g/mol. The first-order valence-corrected chi connectivity index (χ1v) is 11.9. The van der Waals surface area contributed by atoms with Gasteiger partial charge in [0.1, 0.15) is 15.8 Å². The highest BCUT2D eigenvalue weighted by Gasteiger charge is 2.24. The molecule has 0 aliphatic rings. The van der Waals surface area contributed by atoms with Crippen LogP contribution in [0.4, 0.5) is 5.69 Å². The van der Waals surface area contributed by atoms with E-state index >= 15 is 0 Å². The van der Waals surface area contributed by atoms with Crippen molar-refractivity contribution in [3.05, 3.63) is 52.9 Å². The predicted octanol–water partition coefficient (Wildman–Crippen LogP) is 3.78. The molecule has 4 aromatic rings. The van der Waals surface area contributed by atoms with Crippen molar-refractivity contribution in [1.29, 1.82) is 0 Å². The number of H-pyrrole nitrogens is 1. The van der Waals surface area contributed by atoms with Crippen molar-refractivity contribution in [1.82, 2.24) is 9.97 Å². The Hall–Kier alpha value is -2.73. The summed E-state index contributed by atoms with van der Waals surface area (Å²) in [6.45, 7) is -0.203. The van der Waals surface area contributed by atoms with Crippen molar-refractivity contribution in [2.45, 2.75) is 10.8 Å². The number of para-hydroxylation sites is 1. The number of carboxylic acid groups (broad SMARTS) is 1. The van der Waals surface area contributed by atoms with E-state index in [2.05, 4.69) is 9.97 Å². The van der Waals surface area contributed by atoms with E-state index in [1.807, 2.05) is 18.2 Å². The van der Waals surface area contributed by atoms with Gasteiger partial charge in [-0.25, -0.2) is 18.2 Å². The molecule has 0 bridgehead atoms. The molecule has 4 rings (SSSR count). The topological polar surface area (TPSA) is 113 Å². The quantitative estimate of drug-likeness (QED) is 0.411. The highest BCUT2D eigenvalue weighted by Crippen LogP contribution is 2.34. The zero-order valence-corrected chi connectivity index (χ0v) is 18.2. The number of thiophene rings is 1. The van der Waals surface area contributed by atoms with Crippen LogP contribution >= 0.6 is 22.7 Å². The van der Waals surface area contributed by atoms with Gasteiger partial charge in [0.05, 0.1) is 28.4 Å². The number of hydrogen-bond acceptors (Lipinski definition) is 7. The van der Waals surface area contributed by atoms with E-state index in [0.29, 0.717) is 16.2 Å². The third kappa shape index (κ3) is 3.97. The van der Waals surface area contributed by atoms with Gasteiger partial charge >= 0.3 is 5.97 Å². The average molecular weight is 464 g/mol. The van der Waals surface area contributed by atoms with Crippen molar-refractivity contribution in [3.8, 4) is 10.7 Å². The third-order valence-corrected chi connectivity index (χ3v) is 8.49. The Balaban J connectivity index is 1.65. The van der Waals surface area contributed by atoms with Gasteiger partial charge in [0.15, 0.2) is 0 Å². The van der Waals surface area contributed by atoms with E-state index in [4.69, 9.17) is 9.84 Å². The molecule has 3 aromatic heterocycles. The van der Waals surface area contributed by atoms with E-state index < -0.39 is 16.0 Å². The minimum absolute atomic E-state index is 0.164. The van der Waals surface area contributed by atoms with Crippen LogP contribution < -0.4 is 4.31 Å². The number of fused-ring (bicyclic) bond motifs is 1. The number of ether oxygens (including phenoxy) is 1. The van der Waals surface area contributed by atoms with Crippen LogP contribution in [-0.4, -0.2) is 43.1 Å². The van der Waals surface area contributed by atoms with Gasteiger partial charge in [-0.2, -0.15) is 0 Å². The van der Waals surface area contributed by atoms with E-state index in [1.165, 1.54) is 34.0 Å². The van der Waals surface area contributed by atoms with Gasteiger partial charge in [-0.1, -0.05) is 18.2 Å². The normalized spacial score (nSPS) is 11.8. The van der Waals surface area contributed by atoms with Crippen LogP contribution in [0, 0.1) is 0 Å². The number of aromatic nitrogens is 2. The van der Waals surface area contributed by atoms with Crippen LogP contribution in [0.3, 0.4) is 0 Å². The molecule has 0 saturated heterocycles. The molecule has 0 radical (unpaired) electrons. The van der Waals surface area contributed by atoms with Crippen LogP contribution in [0.1, 0.15) is 4.88 Å². The summed E-state index contributed by atoms with van der Waals surface area (Å²) in [6.07, 6.45) is 1.64. The maximum atomic E-state index is 12.9. The number of benzene rings is 1. The van der Waals surface area contributed by atoms with E-state index in [-0.39, 0.29) is 17.4 Å². The lowest BCUT2D eigenvalue weighted by molar-refractivity contribution is -0.142. The molecule has 0 unspecified atom stereocenters. The van der Waals surface area contributed by atoms with Gasteiger partial charge in [-0.3, -0.25) is 4.31 Å². The molecule has 3 heterocycles. The van der Waals surface area contributed by atoms with E-state index in [9.17, 15) is 13.2 Å². The molecule has 156 valence electrons. The largest absolute Gasteiger partial charge is 0.480 e. The molecule has 0 amide bonds. The van der Waals surface area contributed by atoms with Crippen LogP contribution in [0.25, 0.3) is 21.6 Å². The number of thiazole rings is 1. The molecule has 2 N–H and O–H groups in total. The first-order valence-electron chi connectivity index (χ1n) is 8.75. The highest BCUT2D eigenvalue weighted by atomic mass is 32.2. The lowest BCUT2D eigenvalue weighted by Gasteiger charge is -2.19. The fourth-order valence-corrected chi connectivity index (χ4v) is 6.12. The number of aliphatic carboxylic acids is 1. The number of nitrogens with zero attached hydrogens (tertiary/aromatic N) is 2. The fourth-order valence-electron chi connectivity index (χ4n) is 2.93. The Morgan fingerprint density at radius 3 is 2.87 bits per heavy atom. The van der Waals surface area contributed by atoms with Gasteiger partial charge < -0.3 is 14.8 Å². The van der Waals surface area contributed by atoms with Crippen molar-refractivity contribution >= 4 is 55.3 Å². The molecule has 0 aliphatic heterocycles. The number of rotatable bonds is 8. The molecule has 0 aliphatic carbocycles. The summed E-state index contributed by atoms with van der Waals surface area (Å²) in [5.41, 5.74) is 1.97. The molecule has 11 heteroatoms. The first kappa shape index (κ1) is 20.5. The maximum Gasteiger partial charge on any atom is 0.329 e. The molecule has 0 atom stereocenters. The maximum absolute atomic E-state index is 12.9. The number of carboxylic acids is 1. The third-order valence-electron chi connectivity index (χ3n) is 4.34. The Bertz CT molecular complexity index is 1290. The molecule has 8 nitrogen and oxygen atoms in total. The number of anilines is 1. The van der Waals surface area contributed by atoms with Crippen molar-refractivity contribution in [2.24, 2.45) is 0 Å². The second-order valence-electron chi connectivity index (χ2n) is 6.35. The summed E-state index contributed by atoms with van der Waals surface area (Å²) >= 11 is 2.55. The number of aromatic amines is 1. The Kier molecular flexibility index (Phi) is 5.60. The number of nitrogens with one attached hydrogen (secondary N) is 1. The second-order valence-corrected chi connectivity index (χ2v) is 10.6. The zero-order valence-electron chi connectivity index (χ0n) is 15.7. The monoisotopic (exact) mass is 463 g/mol. The first-order chi connectivity index (χ1) is 14.4. The minimum atomic E-state index is -3.65. The van der Waals surface area contributed by atoms with E-state index in [0.717, 1.165) is 16.0 Å². The van der Waals surface area contributed by atoms with Gasteiger partial charge in [0, 0.05) is 18.6 Å². The molecule has 30 heavy (non-hydrogen) atoms. The summed E-state index contributed by atoms with van der Waals surface area (Å²) in [7, 11) is -2.12. The zero-order chi connectivity index (χ0) is 21.3. The summed E-state index contributed by atoms with van der Waals surface area (Å²) in [4.78, 5) is 19.0. The van der Waals surface area contributed by atoms with E-state index in [1.54, 1.807) is 29.8 Å². The molecule has 0 spiro atoms. The van der Waals surface area contributed by atoms with Crippen LogP contribution in [0.5, 0.6) is 0 Å². The average Bonchev–Trinajstić information content (AvgIpc) is 3.46. The van der Waals surface area contributed by atoms with Crippen LogP contribution in [0.2, 0.25) is 0 Å². The SMILES string of the molecule is CN(c1cccc2cc(-c3ncc(COCC(=O)O)s3)[nH]c12)S(=O)(=O)c1cccs1.